The van der Waals surface area contributed by atoms with E-state index in [0.29, 0.717) is 6.08 Å². The summed E-state index contributed by atoms with van der Waals surface area (Å²) in [5.41, 5.74) is -0.923. The van der Waals surface area contributed by atoms with Crippen molar-refractivity contribution >= 4 is 16.2 Å². The molecule has 0 radical (unpaired) electrons. The van der Waals surface area contributed by atoms with Crippen molar-refractivity contribution in [2.75, 3.05) is 13.1 Å². The van der Waals surface area contributed by atoms with E-state index in [9.17, 15) is 52.7 Å². The Morgan fingerprint density at radius 1 is 0.968 bits per heavy atom. The minimum atomic E-state index is -7.38. The second-order valence-corrected chi connectivity index (χ2v) is 8.99. The number of hydrogen-bond acceptors (Lipinski definition) is 5. The molecule has 0 unspecified atom stereocenters. The van der Waals surface area contributed by atoms with Crippen LogP contribution in [0.25, 0.3) is 0 Å². The Labute approximate surface area is 171 Å². The molecule has 16 heteroatoms. The predicted molar refractivity (Wildman–Crippen MR) is 86.0 cm³/mol. The summed E-state index contributed by atoms with van der Waals surface area (Å²) in [6.45, 7) is 3.97. The first-order chi connectivity index (χ1) is 13.6. The average molecular weight is 495 g/mol. The first kappa shape index (κ1) is 27.2. The number of alkyl halides is 9. The van der Waals surface area contributed by atoms with Gasteiger partial charge in [0, 0.05) is 19.5 Å². The second kappa shape index (κ2) is 8.24. The molecule has 1 rings (SSSR count). The molecule has 0 aliphatic carbocycles. The monoisotopic (exact) mass is 495 g/mol. The van der Waals surface area contributed by atoms with E-state index >= 15 is 0 Å². The number of amides is 1. The zero-order valence-corrected chi connectivity index (χ0v) is 17.0. The van der Waals surface area contributed by atoms with Crippen LogP contribution < -0.4 is 0 Å². The number of carbonyl (C=O) groups excluding carboxylic acids is 1. The summed E-state index contributed by atoms with van der Waals surface area (Å²) in [7, 11) is -7.01. The van der Waals surface area contributed by atoms with Crippen LogP contribution in [-0.4, -0.2) is 61.4 Å². The third-order valence-corrected chi connectivity index (χ3v) is 5.01. The zero-order valence-electron chi connectivity index (χ0n) is 16.2. The fraction of sp³-hybridized carbons (Fsp3) is 0.800. The van der Waals surface area contributed by atoms with Gasteiger partial charge < -0.3 is 13.8 Å². The van der Waals surface area contributed by atoms with E-state index in [-0.39, 0.29) is 13.0 Å². The van der Waals surface area contributed by atoms with E-state index in [4.69, 9.17) is 4.74 Å². The van der Waals surface area contributed by atoms with Gasteiger partial charge in [0.1, 0.15) is 11.4 Å². The molecule has 0 aromatic rings. The Hall–Kier alpha value is -1.87. The molecule has 0 saturated heterocycles. The molecular formula is C15H18F9NO5S. The molecule has 182 valence electrons. The number of allylic oxidation sites excluding steroid dienone is 1. The summed E-state index contributed by atoms with van der Waals surface area (Å²) < 4.78 is 148. The van der Waals surface area contributed by atoms with Crippen LogP contribution in [0.2, 0.25) is 0 Å². The Morgan fingerprint density at radius 3 is 1.94 bits per heavy atom. The van der Waals surface area contributed by atoms with Gasteiger partial charge in [0.05, 0.1) is 0 Å². The molecule has 1 aliphatic heterocycles. The Morgan fingerprint density at radius 2 is 1.48 bits per heavy atom. The van der Waals surface area contributed by atoms with Gasteiger partial charge >= 0.3 is 39.5 Å². The lowest BCUT2D eigenvalue weighted by atomic mass is 10.1. The molecule has 0 atom stereocenters. The number of carbonyl (C=O) groups is 1. The molecule has 31 heavy (non-hydrogen) atoms. The highest BCUT2D eigenvalue weighted by Gasteiger charge is 2.86. The normalized spacial score (nSPS) is 17.7. The van der Waals surface area contributed by atoms with E-state index in [1.54, 1.807) is 0 Å². The SMILES string of the molecule is CC(C)(C)OC(=O)N1CC=C(OS(=O)(=O)C(F)(F)C(F)(F)C(F)(F)C(F)(F)F)CCC1. The fourth-order valence-electron chi connectivity index (χ4n) is 2.13. The van der Waals surface area contributed by atoms with Crippen molar-refractivity contribution in [2.45, 2.75) is 62.5 Å². The maximum Gasteiger partial charge on any atom is 0.460 e. The quantitative estimate of drug-likeness (QED) is 0.410. The summed E-state index contributed by atoms with van der Waals surface area (Å²) in [6.07, 6.45) is -8.05. The first-order valence-corrected chi connectivity index (χ1v) is 9.79. The van der Waals surface area contributed by atoms with Gasteiger partial charge in [-0.2, -0.15) is 47.9 Å². The predicted octanol–water partition coefficient (Wildman–Crippen LogP) is 4.67. The number of ether oxygens (including phenoxy) is 1. The van der Waals surface area contributed by atoms with Crippen LogP contribution in [0, 0.1) is 0 Å². The number of hydrogen-bond donors (Lipinski definition) is 0. The maximum absolute atomic E-state index is 13.7. The largest absolute Gasteiger partial charge is 0.460 e. The lowest BCUT2D eigenvalue weighted by molar-refractivity contribution is -0.382. The molecule has 6 nitrogen and oxygen atoms in total. The number of rotatable bonds is 5. The van der Waals surface area contributed by atoms with Gasteiger partial charge in [0.25, 0.3) is 0 Å². The minimum Gasteiger partial charge on any atom is -0.444 e. The van der Waals surface area contributed by atoms with Crippen LogP contribution >= 0.6 is 0 Å². The van der Waals surface area contributed by atoms with Gasteiger partial charge in [-0.05, 0) is 33.3 Å². The number of nitrogens with zero attached hydrogens (tertiary/aromatic N) is 1. The molecule has 1 heterocycles. The van der Waals surface area contributed by atoms with Gasteiger partial charge in [-0.15, -0.1) is 0 Å². The van der Waals surface area contributed by atoms with E-state index in [0.717, 1.165) is 4.90 Å². The summed E-state index contributed by atoms with van der Waals surface area (Å²) >= 11 is 0. The lowest BCUT2D eigenvalue weighted by Gasteiger charge is -2.32. The summed E-state index contributed by atoms with van der Waals surface area (Å²) in [5, 5.41) is -6.95. The van der Waals surface area contributed by atoms with E-state index < -0.39 is 63.8 Å². The molecule has 0 fully saturated rings. The minimum absolute atomic E-state index is 0.114. The molecule has 1 aliphatic rings. The van der Waals surface area contributed by atoms with Crippen molar-refractivity contribution in [1.82, 2.24) is 4.90 Å². The standard InChI is InChI=1S/C15H18F9NO5S/c1-11(2,3)29-10(26)25-7-4-5-9(6-8-25)30-31(27,28)15(23,24)13(18,19)12(16,17)14(20,21)22/h6H,4-5,7-8H2,1-3H3. The molecule has 0 spiro atoms. The summed E-state index contributed by atoms with van der Waals surface area (Å²) in [6, 6.07) is 0. The highest BCUT2D eigenvalue weighted by atomic mass is 32.2. The van der Waals surface area contributed by atoms with Gasteiger partial charge in [0.15, 0.2) is 0 Å². The summed E-state index contributed by atoms with van der Waals surface area (Å²) in [4.78, 5) is 12.9. The van der Waals surface area contributed by atoms with Gasteiger partial charge in [-0.1, -0.05) is 0 Å². The highest BCUT2D eigenvalue weighted by Crippen LogP contribution is 2.55. The Kier molecular flexibility index (Phi) is 7.22. The maximum atomic E-state index is 13.7. The van der Waals surface area contributed by atoms with E-state index in [1.807, 2.05) is 0 Å². The van der Waals surface area contributed by atoms with Crippen LogP contribution in [-0.2, 0) is 19.0 Å². The summed E-state index contributed by atoms with van der Waals surface area (Å²) in [5.74, 6) is -15.7. The molecule has 0 saturated carbocycles. The van der Waals surface area contributed by atoms with Crippen molar-refractivity contribution in [1.29, 1.82) is 0 Å². The Balaban J connectivity index is 3.11. The molecular weight excluding hydrogens is 477 g/mol. The molecule has 0 aromatic carbocycles. The van der Waals surface area contributed by atoms with E-state index in [1.165, 1.54) is 20.8 Å². The van der Waals surface area contributed by atoms with Crippen molar-refractivity contribution in [3.05, 3.63) is 11.8 Å². The van der Waals surface area contributed by atoms with Gasteiger partial charge in [-0.25, -0.2) is 4.79 Å². The van der Waals surface area contributed by atoms with Crippen LogP contribution in [0.3, 0.4) is 0 Å². The third kappa shape index (κ3) is 5.49. The lowest BCUT2D eigenvalue weighted by Crippen LogP contribution is -2.63. The van der Waals surface area contributed by atoms with Crippen LogP contribution in [0.4, 0.5) is 44.3 Å². The van der Waals surface area contributed by atoms with Gasteiger partial charge in [0.2, 0.25) is 0 Å². The van der Waals surface area contributed by atoms with Crippen molar-refractivity contribution in [3.8, 4) is 0 Å². The fourth-order valence-corrected chi connectivity index (χ4v) is 3.11. The second-order valence-electron chi connectivity index (χ2n) is 7.40. The van der Waals surface area contributed by atoms with Crippen molar-refractivity contribution < 1.29 is 61.6 Å². The van der Waals surface area contributed by atoms with Crippen LogP contribution in [0.15, 0.2) is 11.8 Å². The highest BCUT2D eigenvalue weighted by molar-refractivity contribution is 7.88. The molecule has 0 aromatic heterocycles. The van der Waals surface area contributed by atoms with Gasteiger partial charge in [-0.3, -0.25) is 0 Å². The van der Waals surface area contributed by atoms with Crippen LogP contribution in [0.5, 0.6) is 0 Å². The average Bonchev–Trinajstić information content (AvgIpc) is 2.76. The topological polar surface area (TPSA) is 72.9 Å². The zero-order chi connectivity index (χ0) is 24.7. The molecule has 0 N–H and O–H groups in total. The third-order valence-electron chi connectivity index (χ3n) is 3.69. The Bertz CT molecular complexity index is 816. The molecule has 0 bridgehead atoms. The number of halogens is 9. The molecule has 1 amide bonds. The first-order valence-electron chi connectivity index (χ1n) is 8.38. The van der Waals surface area contributed by atoms with Crippen molar-refractivity contribution in [2.24, 2.45) is 0 Å². The smallest absolute Gasteiger partial charge is 0.444 e. The van der Waals surface area contributed by atoms with E-state index in [2.05, 4.69) is 4.18 Å². The van der Waals surface area contributed by atoms with Crippen molar-refractivity contribution in [3.63, 3.8) is 0 Å². The van der Waals surface area contributed by atoms with Crippen LogP contribution in [0.1, 0.15) is 33.6 Å².